The van der Waals surface area contributed by atoms with Gasteiger partial charge in [0.15, 0.2) is 6.10 Å². The highest BCUT2D eigenvalue weighted by Crippen LogP contribution is 2.11. The van der Waals surface area contributed by atoms with Gasteiger partial charge in [0.1, 0.15) is 6.10 Å². The summed E-state index contributed by atoms with van der Waals surface area (Å²) in [5, 5.41) is 8.62. The normalized spacial score (nSPS) is 32.7. The maximum absolute atomic E-state index is 8.62. The first-order valence-electron chi connectivity index (χ1n) is 2.84. The van der Waals surface area contributed by atoms with Crippen LogP contribution in [-0.2, 0) is 9.47 Å². The zero-order valence-electron chi connectivity index (χ0n) is 5.28. The smallest absolute Gasteiger partial charge is 0.150 e. The van der Waals surface area contributed by atoms with Crippen molar-refractivity contribution < 1.29 is 14.6 Å². The predicted octanol–water partition coefficient (Wildman–Crippen LogP) is -0.0938. The van der Waals surface area contributed by atoms with E-state index in [4.69, 9.17) is 14.6 Å². The molecule has 0 spiro atoms. The quantitative estimate of drug-likeness (QED) is 0.567. The van der Waals surface area contributed by atoms with E-state index in [1.807, 2.05) is 0 Å². The summed E-state index contributed by atoms with van der Waals surface area (Å²) in [5.74, 6) is 0. The molecule has 0 aliphatic carbocycles. The molecule has 3 heteroatoms. The van der Waals surface area contributed by atoms with Crippen LogP contribution < -0.4 is 0 Å². The van der Waals surface area contributed by atoms with Crippen molar-refractivity contribution in [2.45, 2.75) is 12.2 Å². The van der Waals surface area contributed by atoms with Gasteiger partial charge in [-0.1, -0.05) is 0 Å². The first-order chi connectivity index (χ1) is 4.38. The third kappa shape index (κ3) is 1.23. The molecule has 0 amide bonds. The van der Waals surface area contributed by atoms with Crippen LogP contribution in [0.2, 0.25) is 0 Å². The summed E-state index contributed by atoms with van der Waals surface area (Å²) in [6.07, 6.45) is 3.06. The zero-order valence-corrected chi connectivity index (χ0v) is 5.28. The number of aliphatic hydroxyl groups excluding tert-OH is 1. The minimum Gasteiger partial charge on any atom is -0.493 e. The Kier molecular flexibility index (Phi) is 2.08. The number of hydrogen-bond acceptors (Lipinski definition) is 3. The number of rotatable bonds is 2. The number of hydrogen-bond donors (Lipinski definition) is 1. The average Bonchev–Trinajstić information content (AvgIpc) is 2.33. The second-order valence-corrected chi connectivity index (χ2v) is 1.89. The van der Waals surface area contributed by atoms with Gasteiger partial charge >= 0.3 is 0 Å². The van der Waals surface area contributed by atoms with Crippen molar-refractivity contribution in [1.29, 1.82) is 0 Å². The molecule has 0 bridgehead atoms. The van der Waals surface area contributed by atoms with Crippen LogP contribution >= 0.6 is 0 Å². The Hall–Kier alpha value is -0.540. The number of methoxy groups -OCH3 is 1. The SMILES string of the molecule is CO[C@@H]1C=CO[C@@H]1CO. The van der Waals surface area contributed by atoms with Crippen LogP contribution in [0.5, 0.6) is 0 Å². The molecule has 1 heterocycles. The van der Waals surface area contributed by atoms with E-state index in [1.165, 1.54) is 0 Å². The van der Waals surface area contributed by atoms with Crippen molar-refractivity contribution in [2.75, 3.05) is 13.7 Å². The largest absolute Gasteiger partial charge is 0.493 e. The van der Waals surface area contributed by atoms with Gasteiger partial charge in [0, 0.05) is 7.11 Å². The second-order valence-electron chi connectivity index (χ2n) is 1.89. The lowest BCUT2D eigenvalue weighted by Crippen LogP contribution is -2.26. The highest BCUT2D eigenvalue weighted by atomic mass is 16.5. The van der Waals surface area contributed by atoms with E-state index >= 15 is 0 Å². The Balaban J connectivity index is 2.39. The second kappa shape index (κ2) is 2.85. The van der Waals surface area contributed by atoms with Crippen molar-refractivity contribution in [2.24, 2.45) is 0 Å². The lowest BCUT2D eigenvalue weighted by atomic mass is 10.2. The molecule has 0 saturated carbocycles. The third-order valence-electron chi connectivity index (χ3n) is 1.34. The minimum atomic E-state index is -0.199. The van der Waals surface area contributed by atoms with Crippen LogP contribution in [0.1, 0.15) is 0 Å². The van der Waals surface area contributed by atoms with E-state index in [0.717, 1.165) is 0 Å². The number of ether oxygens (including phenoxy) is 2. The van der Waals surface area contributed by atoms with E-state index in [1.54, 1.807) is 19.4 Å². The Labute approximate surface area is 53.9 Å². The fourth-order valence-electron chi connectivity index (χ4n) is 0.802. The number of aliphatic hydroxyl groups is 1. The Morgan fingerprint density at radius 3 is 3.00 bits per heavy atom. The first-order valence-corrected chi connectivity index (χ1v) is 2.84. The third-order valence-corrected chi connectivity index (χ3v) is 1.34. The summed E-state index contributed by atoms with van der Waals surface area (Å²) in [6, 6.07) is 0. The lowest BCUT2D eigenvalue weighted by molar-refractivity contribution is -0.0000872. The molecule has 1 aliphatic rings. The molecular formula is C6H10O3. The molecule has 0 unspecified atom stereocenters. The van der Waals surface area contributed by atoms with Crippen LogP contribution in [0.4, 0.5) is 0 Å². The van der Waals surface area contributed by atoms with Crippen molar-refractivity contribution >= 4 is 0 Å². The predicted molar refractivity (Wildman–Crippen MR) is 31.9 cm³/mol. The van der Waals surface area contributed by atoms with Crippen LogP contribution in [-0.4, -0.2) is 31.0 Å². The molecule has 52 valence electrons. The van der Waals surface area contributed by atoms with Crippen molar-refractivity contribution in [3.05, 3.63) is 12.3 Å². The highest BCUT2D eigenvalue weighted by molar-refractivity contribution is 4.96. The first kappa shape index (κ1) is 6.58. The highest BCUT2D eigenvalue weighted by Gasteiger charge is 2.22. The molecule has 1 N–H and O–H groups in total. The monoisotopic (exact) mass is 130 g/mol. The summed E-state index contributed by atoms with van der Waals surface area (Å²) < 4.78 is 9.89. The molecule has 2 atom stereocenters. The molecule has 3 nitrogen and oxygen atoms in total. The summed E-state index contributed by atoms with van der Waals surface area (Å²) in [6.45, 7) is 0.00546. The summed E-state index contributed by atoms with van der Waals surface area (Å²) in [4.78, 5) is 0. The van der Waals surface area contributed by atoms with E-state index in [0.29, 0.717) is 0 Å². The molecule has 0 radical (unpaired) electrons. The van der Waals surface area contributed by atoms with Crippen LogP contribution in [0.3, 0.4) is 0 Å². The molecule has 0 fully saturated rings. The summed E-state index contributed by atoms with van der Waals surface area (Å²) >= 11 is 0. The van der Waals surface area contributed by atoms with Crippen molar-refractivity contribution in [3.63, 3.8) is 0 Å². The van der Waals surface area contributed by atoms with E-state index in [-0.39, 0.29) is 18.8 Å². The van der Waals surface area contributed by atoms with Crippen LogP contribution in [0.15, 0.2) is 12.3 Å². The molecule has 1 aliphatic heterocycles. The zero-order chi connectivity index (χ0) is 6.69. The minimum absolute atomic E-state index is 0.00546. The topological polar surface area (TPSA) is 38.7 Å². The van der Waals surface area contributed by atoms with E-state index < -0.39 is 0 Å². The van der Waals surface area contributed by atoms with Crippen LogP contribution in [0.25, 0.3) is 0 Å². The maximum Gasteiger partial charge on any atom is 0.150 e. The molecule has 0 aromatic carbocycles. The van der Waals surface area contributed by atoms with Gasteiger partial charge in [0.2, 0.25) is 0 Å². The average molecular weight is 130 g/mol. The molecular weight excluding hydrogens is 120 g/mol. The fourth-order valence-corrected chi connectivity index (χ4v) is 0.802. The lowest BCUT2D eigenvalue weighted by Gasteiger charge is -2.13. The van der Waals surface area contributed by atoms with Crippen molar-refractivity contribution in [1.82, 2.24) is 0 Å². The standard InChI is InChI=1S/C6H10O3/c1-8-5-2-3-9-6(5)4-7/h2-3,5-7H,4H2,1H3/t5-,6-/m1/s1. The van der Waals surface area contributed by atoms with Crippen LogP contribution in [0, 0.1) is 0 Å². The molecule has 9 heavy (non-hydrogen) atoms. The van der Waals surface area contributed by atoms with Gasteiger partial charge in [-0.05, 0) is 6.08 Å². The van der Waals surface area contributed by atoms with Gasteiger partial charge in [0.25, 0.3) is 0 Å². The molecule has 1 rings (SSSR count). The molecule has 0 saturated heterocycles. The van der Waals surface area contributed by atoms with Gasteiger partial charge in [-0.25, -0.2) is 0 Å². The van der Waals surface area contributed by atoms with Gasteiger partial charge in [-0.2, -0.15) is 0 Å². The summed E-state index contributed by atoms with van der Waals surface area (Å²) in [7, 11) is 1.59. The maximum atomic E-state index is 8.62. The van der Waals surface area contributed by atoms with Crippen molar-refractivity contribution in [3.8, 4) is 0 Å². The van der Waals surface area contributed by atoms with Gasteiger partial charge in [0.05, 0.1) is 12.9 Å². The van der Waals surface area contributed by atoms with Gasteiger partial charge in [-0.15, -0.1) is 0 Å². The Bertz CT molecular complexity index is 111. The van der Waals surface area contributed by atoms with E-state index in [9.17, 15) is 0 Å². The summed E-state index contributed by atoms with van der Waals surface area (Å²) in [5.41, 5.74) is 0. The molecule has 0 aromatic heterocycles. The Morgan fingerprint density at radius 2 is 2.56 bits per heavy atom. The van der Waals surface area contributed by atoms with Gasteiger partial charge in [-0.3, -0.25) is 0 Å². The van der Waals surface area contributed by atoms with E-state index in [2.05, 4.69) is 0 Å². The Morgan fingerprint density at radius 1 is 1.78 bits per heavy atom. The fraction of sp³-hybridized carbons (Fsp3) is 0.667. The molecule has 0 aromatic rings. The van der Waals surface area contributed by atoms with Gasteiger partial charge < -0.3 is 14.6 Å².